The van der Waals surface area contributed by atoms with Gasteiger partial charge in [-0.15, -0.1) is 0 Å². The summed E-state index contributed by atoms with van der Waals surface area (Å²) in [6, 6.07) is 12.0. The first-order chi connectivity index (χ1) is 7.66. The molecule has 2 rings (SSSR count). The van der Waals surface area contributed by atoms with E-state index in [0.717, 1.165) is 16.5 Å². The highest BCUT2D eigenvalue weighted by Crippen LogP contribution is 2.24. The van der Waals surface area contributed by atoms with Gasteiger partial charge in [0.05, 0.1) is 5.69 Å². The molecule has 2 aromatic rings. The average Bonchev–Trinajstić information content (AvgIpc) is 2.25. The van der Waals surface area contributed by atoms with Gasteiger partial charge in [-0.3, -0.25) is 4.79 Å². The molecule has 16 heavy (non-hydrogen) atoms. The van der Waals surface area contributed by atoms with Crippen LogP contribution in [0.1, 0.15) is 12.5 Å². The van der Waals surface area contributed by atoms with Crippen molar-refractivity contribution < 1.29 is 9.63 Å². The minimum absolute atomic E-state index is 0.357. The first-order valence-electron chi connectivity index (χ1n) is 5.09. The molecular formula is C13H13NO2. The molecule has 0 aliphatic carbocycles. The minimum atomic E-state index is -0.357. The molecule has 3 heteroatoms. The summed E-state index contributed by atoms with van der Waals surface area (Å²) in [5, 5.41) is 2.16. The van der Waals surface area contributed by atoms with E-state index in [0.29, 0.717) is 0 Å². The Morgan fingerprint density at radius 2 is 2.06 bits per heavy atom. The Morgan fingerprint density at radius 3 is 2.81 bits per heavy atom. The van der Waals surface area contributed by atoms with Crippen LogP contribution in [0.25, 0.3) is 10.8 Å². The largest absolute Gasteiger partial charge is 0.344 e. The summed E-state index contributed by atoms with van der Waals surface area (Å²) in [5.41, 5.74) is 4.66. The van der Waals surface area contributed by atoms with Gasteiger partial charge in [0.2, 0.25) is 0 Å². The van der Waals surface area contributed by atoms with Crippen molar-refractivity contribution in [2.24, 2.45) is 0 Å². The van der Waals surface area contributed by atoms with E-state index < -0.39 is 0 Å². The zero-order valence-corrected chi connectivity index (χ0v) is 9.28. The molecule has 0 aromatic heterocycles. The van der Waals surface area contributed by atoms with Crippen molar-refractivity contribution in [3.63, 3.8) is 0 Å². The van der Waals surface area contributed by atoms with Crippen molar-refractivity contribution in [3.8, 4) is 0 Å². The molecule has 0 bridgehead atoms. The maximum absolute atomic E-state index is 10.7. The van der Waals surface area contributed by atoms with Gasteiger partial charge in [0.1, 0.15) is 0 Å². The topological polar surface area (TPSA) is 38.3 Å². The average molecular weight is 215 g/mol. The SMILES string of the molecule is CC(=O)ONc1cccc2cc(C)ccc12. The first kappa shape index (κ1) is 10.5. The number of carbonyl (C=O) groups excluding carboxylic acids is 1. The predicted molar refractivity (Wildman–Crippen MR) is 64.1 cm³/mol. The second kappa shape index (κ2) is 4.23. The van der Waals surface area contributed by atoms with Crippen molar-refractivity contribution in [3.05, 3.63) is 42.0 Å². The Balaban J connectivity index is 2.41. The van der Waals surface area contributed by atoms with Crippen molar-refractivity contribution in [2.45, 2.75) is 13.8 Å². The highest BCUT2D eigenvalue weighted by Gasteiger charge is 2.01. The molecule has 0 fully saturated rings. The summed E-state index contributed by atoms with van der Waals surface area (Å²) in [4.78, 5) is 15.5. The molecule has 0 saturated carbocycles. The van der Waals surface area contributed by atoms with Crippen LogP contribution >= 0.6 is 0 Å². The van der Waals surface area contributed by atoms with Crippen LogP contribution in [-0.4, -0.2) is 5.97 Å². The van der Waals surface area contributed by atoms with Gasteiger partial charge in [0, 0.05) is 12.3 Å². The predicted octanol–water partition coefficient (Wildman–Crippen LogP) is 3.04. The van der Waals surface area contributed by atoms with E-state index in [-0.39, 0.29) is 5.97 Å². The van der Waals surface area contributed by atoms with Gasteiger partial charge in [-0.2, -0.15) is 0 Å². The van der Waals surface area contributed by atoms with E-state index in [1.165, 1.54) is 12.5 Å². The zero-order chi connectivity index (χ0) is 11.5. The van der Waals surface area contributed by atoms with E-state index in [9.17, 15) is 4.79 Å². The molecule has 3 nitrogen and oxygen atoms in total. The lowest BCUT2D eigenvalue weighted by atomic mass is 10.1. The molecule has 0 aliphatic heterocycles. The van der Waals surface area contributed by atoms with Gasteiger partial charge in [0.25, 0.3) is 0 Å². The maximum Gasteiger partial charge on any atom is 0.329 e. The lowest BCUT2D eigenvalue weighted by Gasteiger charge is -2.08. The molecular weight excluding hydrogens is 202 g/mol. The Hall–Kier alpha value is -2.03. The number of aryl methyl sites for hydroxylation is 1. The van der Waals surface area contributed by atoms with Crippen LogP contribution in [0.15, 0.2) is 36.4 Å². The minimum Gasteiger partial charge on any atom is -0.344 e. The van der Waals surface area contributed by atoms with E-state index in [4.69, 9.17) is 4.84 Å². The molecule has 82 valence electrons. The molecule has 0 aliphatic rings. The molecule has 1 N–H and O–H groups in total. The Labute approximate surface area is 94.0 Å². The van der Waals surface area contributed by atoms with Crippen LogP contribution in [0.5, 0.6) is 0 Å². The second-order valence-electron chi connectivity index (χ2n) is 3.73. The summed E-state index contributed by atoms with van der Waals surface area (Å²) in [5.74, 6) is -0.357. The third-order valence-electron chi connectivity index (χ3n) is 2.34. The summed E-state index contributed by atoms with van der Waals surface area (Å²) >= 11 is 0. The summed E-state index contributed by atoms with van der Waals surface area (Å²) in [7, 11) is 0. The van der Waals surface area contributed by atoms with Gasteiger partial charge >= 0.3 is 5.97 Å². The molecule has 0 radical (unpaired) electrons. The summed E-state index contributed by atoms with van der Waals surface area (Å²) in [6.07, 6.45) is 0. The number of anilines is 1. The highest BCUT2D eigenvalue weighted by molar-refractivity contribution is 5.94. The Kier molecular flexibility index (Phi) is 2.77. The summed E-state index contributed by atoms with van der Waals surface area (Å²) < 4.78 is 0. The standard InChI is InChI=1S/C13H13NO2/c1-9-6-7-12-11(8-9)4-3-5-13(12)14-16-10(2)15/h3-8,14H,1-2H3. The number of benzene rings is 2. The van der Waals surface area contributed by atoms with Crippen molar-refractivity contribution in [2.75, 3.05) is 5.48 Å². The molecule has 0 unspecified atom stereocenters. The van der Waals surface area contributed by atoms with Crippen molar-refractivity contribution in [1.29, 1.82) is 0 Å². The molecule has 0 saturated heterocycles. The van der Waals surface area contributed by atoms with Crippen LogP contribution in [0.3, 0.4) is 0 Å². The number of nitrogens with one attached hydrogen (secondary N) is 1. The molecule has 0 spiro atoms. The molecule has 2 aromatic carbocycles. The van der Waals surface area contributed by atoms with Gasteiger partial charge in [-0.25, -0.2) is 5.48 Å². The number of hydrogen-bond acceptors (Lipinski definition) is 3. The molecule has 0 atom stereocenters. The quantitative estimate of drug-likeness (QED) is 0.782. The lowest BCUT2D eigenvalue weighted by Crippen LogP contribution is -2.06. The van der Waals surface area contributed by atoms with E-state index in [1.54, 1.807) is 0 Å². The van der Waals surface area contributed by atoms with E-state index >= 15 is 0 Å². The fourth-order valence-corrected chi connectivity index (χ4v) is 1.62. The number of hydrogen-bond donors (Lipinski definition) is 1. The Morgan fingerprint density at radius 1 is 1.25 bits per heavy atom. The smallest absolute Gasteiger partial charge is 0.329 e. The van der Waals surface area contributed by atoms with Gasteiger partial charge in [-0.1, -0.05) is 35.9 Å². The molecule has 0 heterocycles. The van der Waals surface area contributed by atoms with Crippen molar-refractivity contribution >= 4 is 22.4 Å². The third-order valence-corrected chi connectivity index (χ3v) is 2.34. The first-order valence-corrected chi connectivity index (χ1v) is 5.09. The van der Waals surface area contributed by atoms with Gasteiger partial charge in [-0.05, 0) is 18.4 Å². The number of fused-ring (bicyclic) bond motifs is 1. The van der Waals surface area contributed by atoms with Crippen LogP contribution in [-0.2, 0) is 9.63 Å². The molecule has 0 amide bonds. The zero-order valence-electron chi connectivity index (χ0n) is 9.28. The highest BCUT2D eigenvalue weighted by atomic mass is 16.7. The van der Waals surface area contributed by atoms with Crippen LogP contribution < -0.4 is 5.48 Å². The van der Waals surface area contributed by atoms with Crippen molar-refractivity contribution in [1.82, 2.24) is 0 Å². The van der Waals surface area contributed by atoms with Gasteiger partial charge in [0.15, 0.2) is 0 Å². The summed E-state index contributed by atoms with van der Waals surface area (Å²) in [6.45, 7) is 3.41. The van der Waals surface area contributed by atoms with E-state index in [2.05, 4.69) is 11.5 Å². The van der Waals surface area contributed by atoms with E-state index in [1.807, 2.05) is 37.3 Å². The van der Waals surface area contributed by atoms with Crippen LogP contribution in [0.2, 0.25) is 0 Å². The number of rotatable bonds is 2. The monoisotopic (exact) mass is 215 g/mol. The fraction of sp³-hybridized carbons (Fsp3) is 0.154. The normalized spacial score (nSPS) is 10.1. The maximum atomic E-state index is 10.7. The lowest BCUT2D eigenvalue weighted by molar-refractivity contribution is -0.137. The second-order valence-corrected chi connectivity index (χ2v) is 3.73. The third kappa shape index (κ3) is 2.14. The fourth-order valence-electron chi connectivity index (χ4n) is 1.62. The van der Waals surface area contributed by atoms with Crippen LogP contribution in [0, 0.1) is 6.92 Å². The van der Waals surface area contributed by atoms with Gasteiger partial charge < -0.3 is 4.84 Å². The number of carbonyl (C=O) groups is 1. The Bertz CT molecular complexity index is 534. The van der Waals surface area contributed by atoms with Crippen LogP contribution in [0.4, 0.5) is 5.69 Å².